The quantitative estimate of drug-likeness (QED) is 0.765. The fourth-order valence-corrected chi connectivity index (χ4v) is 2.48. The maximum absolute atomic E-state index is 12.0. The summed E-state index contributed by atoms with van der Waals surface area (Å²) in [7, 11) is 0. The second-order valence-corrected chi connectivity index (χ2v) is 4.89. The molecule has 0 spiro atoms. The Balaban J connectivity index is 2.09. The zero-order valence-corrected chi connectivity index (χ0v) is 10.5. The number of aromatic nitrogens is 3. The summed E-state index contributed by atoms with van der Waals surface area (Å²) in [5.74, 6) is 1.08. The molecule has 1 fully saturated rings. The van der Waals surface area contributed by atoms with Gasteiger partial charge in [0.2, 0.25) is 0 Å². The van der Waals surface area contributed by atoms with Crippen molar-refractivity contribution in [1.82, 2.24) is 20.3 Å². The van der Waals surface area contributed by atoms with Crippen LogP contribution < -0.4 is 10.9 Å². The molecule has 1 aliphatic heterocycles. The molecule has 2 N–H and O–H groups in total. The smallest absolute Gasteiger partial charge is 0.258 e. The monoisotopic (exact) mass is 264 g/mol. The van der Waals surface area contributed by atoms with Gasteiger partial charge in [-0.2, -0.15) is 0 Å². The lowest BCUT2D eigenvalue weighted by atomic mass is 9.97. The highest BCUT2D eigenvalue weighted by atomic mass is 35.5. The lowest BCUT2D eigenvalue weighted by Crippen LogP contribution is -2.28. The summed E-state index contributed by atoms with van der Waals surface area (Å²) < 4.78 is 0. The van der Waals surface area contributed by atoms with E-state index in [1.165, 1.54) is 0 Å². The number of nitrogens with one attached hydrogen (secondary N) is 2. The summed E-state index contributed by atoms with van der Waals surface area (Å²) in [6.45, 7) is 1.93. The first-order valence-electron chi connectivity index (χ1n) is 6.00. The van der Waals surface area contributed by atoms with E-state index in [0.717, 1.165) is 31.8 Å². The van der Waals surface area contributed by atoms with Gasteiger partial charge in [0.1, 0.15) is 11.0 Å². The van der Waals surface area contributed by atoms with Gasteiger partial charge in [0.05, 0.1) is 17.1 Å². The molecule has 5 nitrogen and oxygen atoms in total. The van der Waals surface area contributed by atoms with E-state index in [2.05, 4.69) is 20.3 Å². The Morgan fingerprint density at radius 1 is 1.33 bits per heavy atom. The highest BCUT2D eigenvalue weighted by Gasteiger charge is 2.18. The van der Waals surface area contributed by atoms with Crippen LogP contribution in [0, 0.1) is 0 Å². The van der Waals surface area contributed by atoms with Gasteiger partial charge in [-0.15, -0.1) is 0 Å². The average molecular weight is 265 g/mol. The number of halogens is 1. The minimum atomic E-state index is -0.141. The van der Waals surface area contributed by atoms with Gasteiger partial charge in [-0.3, -0.25) is 4.79 Å². The minimum absolute atomic E-state index is 0.141. The van der Waals surface area contributed by atoms with Crippen LogP contribution in [0.2, 0.25) is 5.15 Å². The zero-order chi connectivity index (χ0) is 12.5. The van der Waals surface area contributed by atoms with E-state index in [0.29, 0.717) is 22.0 Å². The molecule has 2 aromatic rings. The molecule has 0 saturated carbocycles. The predicted octanol–water partition coefficient (Wildman–Crippen LogP) is 1.44. The first-order chi connectivity index (χ1) is 8.74. The topological polar surface area (TPSA) is 70.7 Å². The molecular weight excluding hydrogens is 252 g/mol. The van der Waals surface area contributed by atoms with Crippen LogP contribution in [0.4, 0.5) is 0 Å². The molecule has 1 saturated heterocycles. The highest BCUT2D eigenvalue weighted by molar-refractivity contribution is 6.30. The molecule has 0 radical (unpaired) electrons. The van der Waals surface area contributed by atoms with Crippen molar-refractivity contribution < 1.29 is 0 Å². The molecule has 1 aliphatic rings. The summed E-state index contributed by atoms with van der Waals surface area (Å²) in [5, 5.41) is 4.10. The summed E-state index contributed by atoms with van der Waals surface area (Å²) >= 11 is 5.78. The molecule has 18 heavy (non-hydrogen) atoms. The maximum Gasteiger partial charge on any atom is 0.258 e. The van der Waals surface area contributed by atoms with Crippen LogP contribution in [0.15, 0.2) is 17.1 Å². The van der Waals surface area contributed by atoms with Crippen molar-refractivity contribution in [2.24, 2.45) is 0 Å². The number of fused-ring (bicyclic) bond motifs is 1. The molecule has 0 atom stereocenters. The number of nitrogens with zero attached hydrogens (tertiary/aromatic N) is 2. The molecule has 0 aromatic carbocycles. The summed E-state index contributed by atoms with van der Waals surface area (Å²) in [5.41, 5.74) is 0.467. The number of H-pyrrole nitrogens is 1. The molecule has 3 rings (SSSR count). The van der Waals surface area contributed by atoms with Crippen molar-refractivity contribution in [2.45, 2.75) is 18.8 Å². The van der Waals surface area contributed by atoms with Gasteiger partial charge < -0.3 is 10.3 Å². The molecule has 0 aliphatic carbocycles. The van der Waals surface area contributed by atoms with E-state index in [4.69, 9.17) is 11.6 Å². The third-order valence-electron chi connectivity index (χ3n) is 3.30. The van der Waals surface area contributed by atoms with Gasteiger partial charge >= 0.3 is 0 Å². The number of piperidine rings is 1. The lowest BCUT2D eigenvalue weighted by molar-refractivity contribution is 0.445. The highest BCUT2D eigenvalue weighted by Crippen LogP contribution is 2.22. The number of pyridine rings is 1. The number of aromatic amines is 1. The van der Waals surface area contributed by atoms with E-state index in [1.54, 1.807) is 12.3 Å². The molecule has 2 aromatic heterocycles. The minimum Gasteiger partial charge on any atom is -0.317 e. The van der Waals surface area contributed by atoms with Gasteiger partial charge in [-0.1, -0.05) is 11.6 Å². The van der Waals surface area contributed by atoms with Crippen molar-refractivity contribution in [3.05, 3.63) is 33.6 Å². The zero-order valence-electron chi connectivity index (χ0n) is 9.74. The third kappa shape index (κ3) is 2.11. The predicted molar refractivity (Wildman–Crippen MR) is 70.0 cm³/mol. The molecule has 0 amide bonds. The number of hydrogen-bond acceptors (Lipinski definition) is 4. The lowest BCUT2D eigenvalue weighted by Gasteiger charge is -2.21. The Morgan fingerprint density at radius 3 is 2.89 bits per heavy atom. The Labute approximate surface area is 109 Å². The van der Waals surface area contributed by atoms with Crippen LogP contribution >= 0.6 is 11.6 Å². The standard InChI is InChI=1S/C12H13ClN4O/c13-10-5-8-9(6-15-10)16-11(17-12(8)18)7-1-3-14-4-2-7/h5-7,14H,1-4H2,(H,16,17,18). The van der Waals surface area contributed by atoms with Crippen LogP contribution in [0.25, 0.3) is 10.9 Å². The van der Waals surface area contributed by atoms with Gasteiger partial charge in [0.25, 0.3) is 5.56 Å². The van der Waals surface area contributed by atoms with Crippen LogP contribution in [0.3, 0.4) is 0 Å². The SMILES string of the molecule is O=c1[nH]c(C2CCNCC2)nc2cnc(Cl)cc12. The summed E-state index contributed by atoms with van der Waals surface area (Å²) in [6, 6.07) is 1.55. The normalized spacial score (nSPS) is 17.2. The van der Waals surface area contributed by atoms with Crippen molar-refractivity contribution in [1.29, 1.82) is 0 Å². The van der Waals surface area contributed by atoms with Gasteiger partial charge in [-0.25, -0.2) is 9.97 Å². The van der Waals surface area contributed by atoms with Gasteiger partial charge in [0.15, 0.2) is 0 Å². The fraction of sp³-hybridized carbons (Fsp3) is 0.417. The third-order valence-corrected chi connectivity index (χ3v) is 3.51. The second-order valence-electron chi connectivity index (χ2n) is 4.50. The van der Waals surface area contributed by atoms with Crippen molar-refractivity contribution in [3.63, 3.8) is 0 Å². The van der Waals surface area contributed by atoms with Crippen LogP contribution in [0.1, 0.15) is 24.6 Å². The maximum atomic E-state index is 12.0. The van der Waals surface area contributed by atoms with Gasteiger partial charge in [-0.05, 0) is 32.0 Å². The fourth-order valence-electron chi connectivity index (χ4n) is 2.32. The largest absolute Gasteiger partial charge is 0.317 e. The average Bonchev–Trinajstić information content (AvgIpc) is 2.40. The van der Waals surface area contributed by atoms with E-state index >= 15 is 0 Å². The van der Waals surface area contributed by atoms with E-state index in [-0.39, 0.29) is 5.56 Å². The molecule has 0 unspecified atom stereocenters. The van der Waals surface area contributed by atoms with Crippen LogP contribution in [-0.4, -0.2) is 28.0 Å². The Bertz CT molecular complexity index is 634. The van der Waals surface area contributed by atoms with Gasteiger partial charge in [0, 0.05) is 5.92 Å². The summed E-state index contributed by atoms with van der Waals surface area (Å²) in [6.07, 6.45) is 3.54. The first kappa shape index (κ1) is 11.6. The summed E-state index contributed by atoms with van der Waals surface area (Å²) in [4.78, 5) is 23.3. The number of hydrogen-bond donors (Lipinski definition) is 2. The van der Waals surface area contributed by atoms with Crippen molar-refractivity contribution in [2.75, 3.05) is 13.1 Å². The van der Waals surface area contributed by atoms with Crippen LogP contribution in [0.5, 0.6) is 0 Å². The van der Waals surface area contributed by atoms with E-state index in [1.807, 2.05) is 0 Å². The Hall–Kier alpha value is -1.46. The first-order valence-corrected chi connectivity index (χ1v) is 6.38. The van der Waals surface area contributed by atoms with E-state index < -0.39 is 0 Å². The molecule has 6 heteroatoms. The molecular formula is C12H13ClN4O. The van der Waals surface area contributed by atoms with E-state index in [9.17, 15) is 4.79 Å². The Morgan fingerprint density at radius 2 is 2.11 bits per heavy atom. The second kappa shape index (κ2) is 4.66. The molecule has 0 bridgehead atoms. The Kier molecular flexibility index (Phi) is 3.01. The van der Waals surface area contributed by atoms with Crippen LogP contribution in [-0.2, 0) is 0 Å². The van der Waals surface area contributed by atoms with Crippen molar-refractivity contribution in [3.8, 4) is 0 Å². The van der Waals surface area contributed by atoms with Crippen molar-refractivity contribution >= 4 is 22.5 Å². The molecule has 94 valence electrons. The molecule has 3 heterocycles. The number of rotatable bonds is 1.